The van der Waals surface area contributed by atoms with Crippen LogP contribution < -0.4 is 15.1 Å². The van der Waals surface area contributed by atoms with E-state index in [4.69, 9.17) is 45.8 Å². The second kappa shape index (κ2) is 22.2. The minimum atomic E-state index is -0.933. The van der Waals surface area contributed by atoms with Gasteiger partial charge in [0, 0.05) is 84.1 Å². The minimum absolute atomic E-state index is 0.0750. The summed E-state index contributed by atoms with van der Waals surface area (Å²) in [6, 6.07) is -1.25. The smallest absolute Gasteiger partial charge is 0.303 e. The fraction of sp³-hybridized carbons (Fsp3) is 0.639. The standard InChI is InChI=1S/C36H52N14O9/c1-4-18-57-20-22-59-23-21-58-19-9-37-34-38-35(47-14-10-45(11-15-47)32(55)26(2)49-24-28(41-43-49)5-7-30(51)52)40-36(39-34)48-16-12-46(13-17-48)33(56)27(3)50-25-29(42-44-50)6-8-31(53)54/h1,24-27H,5-23H2,2-3H3,(H,51,52)(H,53,54)(H,37,38,39,40)/t26-,27-/m0/s1. The molecular weight excluding hydrogens is 772 g/mol. The summed E-state index contributed by atoms with van der Waals surface area (Å²) in [6.45, 7) is 9.57. The molecule has 2 aliphatic rings. The summed E-state index contributed by atoms with van der Waals surface area (Å²) in [7, 11) is 0. The molecule has 0 radical (unpaired) electrons. The number of aliphatic carboxylic acids is 2. The number of carbonyl (C=O) groups excluding carboxylic acids is 2. The van der Waals surface area contributed by atoms with Gasteiger partial charge < -0.3 is 49.3 Å². The fourth-order valence-electron chi connectivity index (χ4n) is 6.23. The highest BCUT2D eigenvalue weighted by molar-refractivity contribution is 5.81. The molecule has 0 bridgehead atoms. The first-order valence-electron chi connectivity index (χ1n) is 19.5. The lowest BCUT2D eigenvalue weighted by Crippen LogP contribution is -2.52. The molecule has 2 aliphatic heterocycles. The van der Waals surface area contributed by atoms with Gasteiger partial charge in [0.25, 0.3) is 0 Å². The first-order chi connectivity index (χ1) is 28.5. The van der Waals surface area contributed by atoms with E-state index in [9.17, 15) is 19.2 Å². The second-order valence-electron chi connectivity index (χ2n) is 13.8. The van der Waals surface area contributed by atoms with Crippen molar-refractivity contribution in [1.82, 2.24) is 54.7 Å². The molecule has 3 aromatic heterocycles. The van der Waals surface area contributed by atoms with Crippen molar-refractivity contribution in [2.75, 3.05) is 114 Å². The number of carbonyl (C=O) groups is 4. The predicted octanol–water partition coefficient (Wildman–Crippen LogP) is -0.996. The lowest BCUT2D eigenvalue weighted by molar-refractivity contribution is -0.138. The number of aryl methyl sites for hydroxylation is 2. The van der Waals surface area contributed by atoms with E-state index < -0.39 is 24.0 Å². The number of piperazine rings is 2. The maximum atomic E-state index is 13.4. The zero-order valence-electron chi connectivity index (χ0n) is 33.4. The van der Waals surface area contributed by atoms with Crippen molar-refractivity contribution in [3.8, 4) is 12.3 Å². The van der Waals surface area contributed by atoms with E-state index in [0.29, 0.717) is 121 Å². The first-order valence-corrected chi connectivity index (χ1v) is 19.5. The molecule has 2 fully saturated rings. The zero-order chi connectivity index (χ0) is 42.1. The first kappa shape index (κ1) is 44.1. The van der Waals surface area contributed by atoms with Crippen LogP contribution >= 0.6 is 0 Å². The fourth-order valence-corrected chi connectivity index (χ4v) is 6.23. The third-order valence-electron chi connectivity index (χ3n) is 9.63. The number of hydrogen-bond donors (Lipinski definition) is 3. The number of nitrogens with one attached hydrogen (secondary N) is 1. The van der Waals surface area contributed by atoms with Crippen LogP contribution in [0.1, 0.15) is 50.2 Å². The molecule has 320 valence electrons. The van der Waals surface area contributed by atoms with Crippen molar-refractivity contribution >= 4 is 41.6 Å². The van der Waals surface area contributed by atoms with E-state index in [-0.39, 0.29) is 44.1 Å². The molecule has 0 saturated carbocycles. The molecule has 0 aromatic carbocycles. The Morgan fingerprint density at radius 1 is 0.695 bits per heavy atom. The van der Waals surface area contributed by atoms with Gasteiger partial charge in [0.05, 0.1) is 57.3 Å². The van der Waals surface area contributed by atoms with Gasteiger partial charge in [0.1, 0.15) is 18.7 Å². The summed E-state index contributed by atoms with van der Waals surface area (Å²) in [6.07, 6.45) is 8.68. The molecule has 23 heteroatoms. The number of carboxylic acids is 2. The Balaban J connectivity index is 1.18. The number of carboxylic acid groups (broad SMARTS) is 2. The van der Waals surface area contributed by atoms with E-state index in [0.717, 1.165) is 0 Å². The molecule has 3 aromatic rings. The highest BCUT2D eigenvalue weighted by Crippen LogP contribution is 2.22. The molecule has 23 nitrogen and oxygen atoms in total. The summed E-state index contributed by atoms with van der Waals surface area (Å²) in [4.78, 5) is 70.6. The van der Waals surface area contributed by atoms with Crippen LogP contribution in [0.25, 0.3) is 0 Å². The largest absolute Gasteiger partial charge is 0.481 e. The summed E-state index contributed by atoms with van der Waals surface area (Å²) in [5.41, 5.74) is 1.01. The quantitative estimate of drug-likeness (QED) is 0.0765. The lowest BCUT2D eigenvalue weighted by atomic mass is 10.2. The van der Waals surface area contributed by atoms with Crippen LogP contribution in [0.2, 0.25) is 0 Å². The second-order valence-corrected chi connectivity index (χ2v) is 13.8. The Morgan fingerprint density at radius 3 is 1.58 bits per heavy atom. The molecule has 59 heavy (non-hydrogen) atoms. The molecule has 5 rings (SSSR count). The van der Waals surface area contributed by atoms with E-state index in [1.54, 1.807) is 36.0 Å². The summed E-state index contributed by atoms with van der Waals surface area (Å²) in [5.74, 6) is 1.50. The van der Waals surface area contributed by atoms with Gasteiger partial charge in [-0.1, -0.05) is 16.3 Å². The molecule has 2 saturated heterocycles. The highest BCUT2D eigenvalue weighted by atomic mass is 16.5. The van der Waals surface area contributed by atoms with E-state index in [1.165, 1.54) is 9.36 Å². The van der Waals surface area contributed by atoms with Gasteiger partial charge in [-0.25, -0.2) is 9.36 Å². The minimum Gasteiger partial charge on any atom is -0.481 e. The third-order valence-corrected chi connectivity index (χ3v) is 9.63. The van der Waals surface area contributed by atoms with E-state index >= 15 is 0 Å². The number of aromatic nitrogens is 9. The average molecular weight is 825 g/mol. The number of anilines is 3. The normalized spacial score (nSPS) is 15.5. The predicted molar refractivity (Wildman–Crippen MR) is 209 cm³/mol. The Labute approximate surface area is 341 Å². The Morgan fingerprint density at radius 2 is 1.14 bits per heavy atom. The Hall–Kier alpha value is -5.99. The maximum absolute atomic E-state index is 13.4. The molecule has 0 unspecified atom stereocenters. The number of nitrogens with zero attached hydrogens (tertiary/aromatic N) is 13. The molecule has 2 amide bonds. The van der Waals surface area contributed by atoms with Crippen molar-refractivity contribution in [2.24, 2.45) is 0 Å². The molecule has 0 spiro atoms. The van der Waals surface area contributed by atoms with Crippen LogP contribution in [-0.2, 0) is 46.2 Å². The third kappa shape index (κ3) is 13.3. The van der Waals surface area contributed by atoms with E-state index in [2.05, 4.69) is 31.9 Å². The summed E-state index contributed by atoms with van der Waals surface area (Å²) < 4.78 is 19.3. The maximum Gasteiger partial charge on any atom is 0.303 e. The molecule has 0 aliphatic carbocycles. The lowest BCUT2D eigenvalue weighted by Gasteiger charge is -2.37. The monoisotopic (exact) mass is 824 g/mol. The number of hydrogen-bond acceptors (Lipinski definition) is 17. The van der Waals surface area contributed by atoms with Crippen LogP contribution in [-0.4, -0.2) is 187 Å². The molecule has 5 heterocycles. The number of amides is 2. The number of terminal acetylenes is 1. The zero-order valence-corrected chi connectivity index (χ0v) is 33.4. The van der Waals surface area contributed by atoms with Crippen LogP contribution in [0.3, 0.4) is 0 Å². The van der Waals surface area contributed by atoms with E-state index in [1.807, 2.05) is 9.80 Å². The van der Waals surface area contributed by atoms with Crippen molar-refractivity contribution in [3.05, 3.63) is 23.8 Å². The van der Waals surface area contributed by atoms with Crippen LogP contribution in [0.15, 0.2) is 12.4 Å². The topological polar surface area (TPSA) is 262 Å². The SMILES string of the molecule is C#CCOCCOCCOCCNc1nc(N2CCN(C(=O)[C@H](C)n3cc(CCC(=O)O)nn3)CC2)nc(N2CCN(C(=O)[C@H](C)n3cc(CCC(=O)O)nn3)CC2)n1. The highest BCUT2D eigenvalue weighted by Gasteiger charge is 2.31. The van der Waals surface area contributed by atoms with Gasteiger partial charge in [-0.15, -0.1) is 16.6 Å². The van der Waals surface area contributed by atoms with Gasteiger partial charge in [-0.3, -0.25) is 19.2 Å². The Kier molecular flexibility index (Phi) is 16.6. The number of ether oxygens (including phenoxy) is 3. The van der Waals surface area contributed by atoms with Crippen molar-refractivity contribution in [2.45, 2.75) is 51.6 Å². The van der Waals surface area contributed by atoms with Crippen LogP contribution in [0, 0.1) is 12.3 Å². The number of rotatable bonds is 23. The summed E-state index contributed by atoms with van der Waals surface area (Å²) in [5, 5.41) is 37.3. The van der Waals surface area contributed by atoms with Crippen molar-refractivity contribution in [1.29, 1.82) is 0 Å². The average Bonchev–Trinajstić information content (AvgIpc) is 3.94. The van der Waals surface area contributed by atoms with Crippen LogP contribution in [0.5, 0.6) is 0 Å². The van der Waals surface area contributed by atoms with Gasteiger partial charge in [0.15, 0.2) is 0 Å². The van der Waals surface area contributed by atoms with Gasteiger partial charge in [0.2, 0.25) is 29.7 Å². The van der Waals surface area contributed by atoms with Crippen molar-refractivity contribution < 1.29 is 43.6 Å². The van der Waals surface area contributed by atoms with Gasteiger partial charge >= 0.3 is 11.9 Å². The van der Waals surface area contributed by atoms with Gasteiger partial charge in [-0.2, -0.15) is 15.0 Å². The Bertz CT molecular complexity index is 1770. The van der Waals surface area contributed by atoms with Crippen molar-refractivity contribution in [3.63, 3.8) is 0 Å². The molecule has 2 atom stereocenters. The summed E-state index contributed by atoms with van der Waals surface area (Å²) >= 11 is 0. The van der Waals surface area contributed by atoms with Gasteiger partial charge in [-0.05, 0) is 13.8 Å². The molecule has 3 N–H and O–H groups in total. The molecular formula is C36H52N14O9. The van der Waals surface area contributed by atoms with Crippen LogP contribution in [0.4, 0.5) is 17.8 Å².